The van der Waals surface area contributed by atoms with E-state index in [1.54, 1.807) is 0 Å². The highest BCUT2D eigenvalue weighted by Gasteiger charge is 2.24. The Kier molecular flexibility index (Phi) is 6.25. The van der Waals surface area contributed by atoms with Crippen LogP contribution in [0.4, 0.5) is 0 Å². The van der Waals surface area contributed by atoms with Gasteiger partial charge in [0.25, 0.3) is 0 Å². The van der Waals surface area contributed by atoms with Gasteiger partial charge in [-0.05, 0) is 57.3 Å². The third-order valence-electron chi connectivity index (χ3n) is 4.90. The summed E-state index contributed by atoms with van der Waals surface area (Å²) in [6.07, 6.45) is 5.43. The minimum absolute atomic E-state index is 0.460. The lowest BCUT2D eigenvalue weighted by Crippen LogP contribution is -2.44. The maximum Gasteiger partial charge on any atom is 0.0452 e. The lowest BCUT2D eigenvalue weighted by Gasteiger charge is -2.38. The lowest BCUT2D eigenvalue weighted by molar-refractivity contribution is 0.129. The maximum absolute atomic E-state index is 3.72. The summed E-state index contributed by atoms with van der Waals surface area (Å²) in [4.78, 5) is 2.72. The quantitative estimate of drug-likeness (QED) is 0.843. The first-order valence-electron chi connectivity index (χ1n) is 8.70. The second-order valence-corrected chi connectivity index (χ2v) is 6.52. The predicted molar refractivity (Wildman–Crippen MR) is 91.8 cm³/mol. The summed E-state index contributed by atoms with van der Waals surface area (Å²) in [5.41, 5.74) is 4.26. The van der Waals surface area contributed by atoms with E-state index in [9.17, 15) is 0 Å². The van der Waals surface area contributed by atoms with Gasteiger partial charge in [-0.3, -0.25) is 4.90 Å². The van der Waals surface area contributed by atoms with Crippen molar-refractivity contribution < 1.29 is 0 Å². The van der Waals surface area contributed by atoms with Gasteiger partial charge in [-0.2, -0.15) is 0 Å². The molecule has 2 unspecified atom stereocenters. The molecule has 1 N–H and O–H groups in total. The van der Waals surface area contributed by atoms with E-state index in [1.807, 2.05) is 0 Å². The number of likely N-dealkylation sites (tertiary alicyclic amines) is 1. The fourth-order valence-electron chi connectivity index (χ4n) is 3.65. The van der Waals surface area contributed by atoms with Gasteiger partial charge in [-0.25, -0.2) is 0 Å². The SMILES string of the molecule is CCNC(CN1CCCCC1CC)c1cc(C)ccc1C. The van der Waals surface area contributed by atoms with Crippen molar-refractivity contribution in [1.29, 1.82) is 0 Å². The Morgan fingerprint density at radius 1 is 1.24 bits per heavy atom. The van der Waals surface area contributed by atoms with Crippen LogP contribution in [0.1, 0.15) is 62.3 Å². The summed E-state index contributed by atoms with van der Waals surface area (Å²) in [5.74, 6) is 0. The molecule has 0 spiro atoms. The van der Waals surface area contributed by atoms with Crippen molar-refractivity contribution in [2.75, 3.05) is 19.6 Å². The zero-order chi connectivity index (χ0) is 15.2. The summed E-state index contributed by atoms with van der Waals surface area (Å²) in [5, 5.41) is 3.72. The van der Waals surface area contributed by atoms with E-state index in [4.69, 9.17) is 0 Å². The van der Waals surface area contributed by atoms with Gasteiger partial charge in [-0.15, -0.1) is 0 Å². The second-order valence-electron chi connectivity index (χ2n) is 6.52. The molecule has 1 saturated heterocycles. The van der Waals surface area contributed by atoms with Gasteiger partial charge in [-0.1, -0.05) is 44.0 Å². The number of nitrogens with one attached hydrogen (secondary N) is 1. The Bertz CT molecular complexity index is 441. The number of likely N-dealkylation sites (N-methyl/N-ethyl adjacent to an activating group) is 1. The van der Waals surface area contributed by atoms with Gasteiger partial charge < -0.3 is 5.32 Å². The summed E-state index contributed by atoms with van der Waals surface area (Å²) >= 11 is 0. The van der Waals surface area contributed by atoms with Crippen molar-refractivity contribution in [3.8, 4) is 0 Å². The molecule has 1 aliphatic heterocycles. The molecule has 2 rings (SSSR count). The zero-order valence-electron chi connectivity index (χ0n) is 14.3. The third-order valence-corrected chi connectivity index (χ3v) is 4.90. The smallest absolute Gasteiger partial charge is 0.0452 e. The number of piperidine rings is 1. The van der Waals surface area contributed by atoms with Crippen LogP contribution in [-0.4, -0.2) is 30.6 Å². The standard InChI is InChI=1S/C19H32N2/c1-5-17-9-7-8-12-21(17)14-19(20-6-2)18-13-15(3)10-11-16(18)4/h10-11,13,17,19-20H,5-9,12,14H2,1-4H3. The molecule has 1 aromatic carbocycles. The van der Waals surface area contributed by atoms with Gasteiger partial charge in [0.2, 0.25) is 0 Å². The molecule has 118 valence electrons. The first-order valence-corrected chi connectivity index (χ1v) is 8.70. The molecule has 0 aromatic heterocycles. The van der Waals surface area contributed by atoms with Gasteiger partial charge in [0, 0.05) is 18.6 Å². The highest BCUT2D eigenvalue weighted by molar-refractivity contribution is 5.33. The summed E-state index contributed by atoms with van der Waals surface area (Å²) < 4.78 is 0. The molecule has 0 bridgehead atoms. The van der Waals surface area contributed by atoms with E-state index in [0.29, 0.717) is 6.04 Å². The number of benzene rings is 1. The molecule has 0 radical (unpaired) electrons. The Labute approximate surface area is 130 Å². The Balaban J connectivity index is 2.16. The predicted octanol–water partition coefficient (Wildman–Crippen LogP) is 4.22. The van der Waals surface area contributed by atoms with E-state index in [2.05, 4.69) is 56.1 Å². The third kappa shape index (κ3) is 4.31. The fourth-order valence-corrected chi connectivity index (χ4v) is 3.65. The number of aryl methyl sites for hydroxylation is 2. The van der Waals surface area contributed by atoms with Crippen LogP contribution in [0, 0.1) is 13.8 Å². The number of hydrogen-bond donors (Lipinski definition) is 1. The summed E-state index contributed by atoms with van der Waals surface area (Å²) in [6, 6.07) is 8.10. The van der Waals surface area contributed by atoms with Crippen LogP contribution >= 0.6 is 0 Å². The molecular weight excluding hydrogens is 256 g/mol. The van der Waals surface area contributed by atoms with Crippen LogP contribution in [0.25, 0.3) is 0 Å². The average Bonchev–Trinajstić information content (AvgIpc) is 2.50. The fraction of sp³-hybridized carbons (Fsp3) is 0.684. The van der Waals surface area contributed by atoms with Crippen molar-refractivity contribution in [3.63, 3.8) is 0 Å². The average molecular weight is 288 g/mol. The molecule has 1 fully saturated rings. The highest BCUT2D eigenvalue weighted by Crippen LogP contribution is 2.25. The van der Waals surface area contributed by atoms with E-state index in [0.717, 1.165) is 19.1 Å². The van der Waals surface area contributed by atoms with Crippen LogP contribution in [0.2, 0.25) is 0 Å². The minimum atomic E-state index is 0.460. The van der Waals surface area contributed by atoms with E-state index in [-0.39, 0.29) is 0 Å². The largest absolute Gasteiger partial charge is 0.309 e. The zero-order valence-corrected chi connectivity index (χ0v) is 14.3. The molecule has 1 heterocycles. The Morgan fingerprint density at radius 3 is 2.76 bits per heavy atom. The van der Waals surface area contributed by atoms with Gasteiger partial charge >= 0.3 is 0 Å². The molecule has 0 saturated carbocycles. The van der Waals surface area contributed by atoms with Crippen molar-refractivity contribution in [1.82, 2.24) is 10.2 Å². The molecule has 2 heteroatoms. The van der Waals surface area contributed by atoms with Crippen LogP contribution in [0.5, 0.6) is 0 Å². The Morgan fingerprint density at radius 2 is 2.05 bits per heavy atom. The molecule has 0 aliphatic carbocycles. The van der Waals surface area contributed by atoms with Gasteiger partial charge in [0.15, 0.2) is 0 Å². The monoisotopic (exact) mass is 288 g/mol. The van der Waals surface area contributed by atoms with Crippen LogP contribution in [0.3, 0.4) is 0 Å². The molecule has 1 aromatic rings. The summed E-state index contributed by atoms with van der Waals surface area (Å²) in [7, 11) is 0. The van der Waals surface area contributed by atoms with E-state index >= 15 is 0 Å². The molecule has 1 aliphatic rings. The molecular formula is C19H32N2. The van der Waals surface area contributed by atoms with E-state index in [1.165, 1.54) is 48.9 Å². The van der Waals surface area contributed by atoms with Crippen molar-refractivity contribution >= 4 is 0 Å². The number of rotatable bonds is 6. The summed E-state index contributed by atoms with van der Waals surface area (Å²) in [6.45, 7) is 12.4. The first-order chi connectivity index (χ1) is 10.2. The molecule has 21 heavy (non-hydrogen) atoms. The lowest BCUT2D eigenvalue weighted by atomic mass is 9.95. The van der Waals surface area contributed by atoms with Crippen LogP contribution in [-0.2, 0) is 0 Å². The van der Waals surface area contributed by atoms with Crippen molar-refractivity contribution in [2.45, 2.75) is 65.5 Å². The second kappa shape index (κ2) is 7.95. The minimum Gasteiger partial charge on any atom is -0.309 e. The first kappa shape index (κ1) is 16.5. The maximum atomic E-state index is 3.72. The molecule has 2 atom stereocenters. The van der Waals surface area contributed by atoms with Crippen molar-refractivity contribution in [3.05, 3.63) is 34.9 Å². The molecule has 0 amide bonds. The van der Waals surface area contributed by atoms with Gasteiger partial charge in [0.05, 0.1) is 0 Å². The number of hydrogen-bond acceptors (Lipinski definition) is 2. The number of nitrogens with zero attached hydrogens (tertiary/aromatic N) is 1. The topological polar surface area (TPSA) is 15.3 Å². The van der Waals surface area contributed by atoms with Crippen molar-refractivity contribution in [2.24, 2.45) is 0 Å². The van der Waals surface area contributed by atoms with Crippen LogP contribution < -0.4 is 5.32 Å². The van der Waals surface area contributed by atoms with Crippen LogP contribution in [0.15, 0.2) is 18.2 Å². The molecule has 2 nitrogen and oxygen atoms in total. The van der Waals surface area contributed by atoms with Gasteiger partial charge in [0.1, 0.15) is 0 Å². The highest BCUT2D eigenvalue weighted by atomic mass is 15.2. The van der Waals surface area contributed by atoms with E-state index < -0.39 is 0 Å². The normalized spacial score (nSPS) is 21.4. The Hall–Kier alpha value is -0.860.